The molecule has 1 fully saturated rings. The minimum Gasteiger partial charge on any atom is -0.472 e. The van der Waals surface area contributed by atoms with Crippen LogP contribution in [0.15, 0.2) is 47.3 Å². The highest BCUT2D eigenvalue weighted by molar-refractivity contribution is 5.95. The topological polar surface area (TPSA) is 91.7 Å². The molecule has 0 unspecified atom stereocenters. The second-order valence-corrected chi connectivity index (χ2v) is 7.29. The number of anilines is 2. The van der Waals surface area contributed by atoms with Gasteiger partial charge in [0.1, 0.15) is 6.26 Å². The van der Waals surface area contributed by atoms with E-state index in [0.29, 0.717) is 42.9 Å². The van der Waals surface area contributed by atoms with E-state index in [1.807, 2.05) is 13.8 Å². The van der Waals surface area contributed by atoms with Crippen molar-refractivity contribution in [1.82, 2.24) is 4.90 Å². The molecule has 1 aromatic carbocycles. The molecule has 0 bridgehead atoms. The van der Waals surface area contributed by atoms with E-state index in [-0.39, 0.29) is 29.6 Å². The number of amides is 3. The van der Waals surface area contributed by atoms with Crippen LogP contribution in [0.4, 0.5) is 11.4 Å². The van der Waals surface area contributed by atoms with Crippen LogP contribution in [-0.4, -0.2) is 35.7 Å². The Hall–Kier alpha value is -3.09. The molecule has 0 atom stereocenters. The zero-order valence-electron chi connectivity index (χ0n) is 16.1. The Kier molecular flexibility index (Phi) is 6.13. The van der Waals surface area contributed by atoms with Gasteiger partial charge in [0.25, 0.3) is 5.91 Å². The van der Waals surface area contributed by atoms with Gasteiger partial charge in [0.05, 0.1) is 11.8 Å². The minimum atomic E-state index is -0.131. The van der Waals surface area contributed by atoms with Crippen molar-refractivity contribution in [1.29, 1.82) is 0 Å². The third-order valence-electron chi connectivity index (χ3n) is 4.87. The SMILES string of the molecule is CC(C)C(=O)Nc1ccc(NC(=O)C2CCN(C(=O)c3ccoc3)CC2)cc1. The molecule has 1 aliphatic heterocycles. The first-order chi connectivity index (χ1) is 13.4. The van der Waals surface area contributed by atoms with Gasteiger partial charge in [-0.2, -0.15) is 0 Å². The lowest BCUT2D eigenvalue weighted by Gasteiger charge is -2.31. The summed E-state index contributed by atoms with van der Waals surface area (Å²) in [6.07, 6.45) is 4.16. The average molecular weight is 383 g/mol. The van der Waals surface area contributed by atoms with Crippen LogP contribution in [0, 0.1) is 11.8 Å². The number of benzene rings is 1. The lowest BCUT2D eigenvalue weighted by Crippen LogP contribution is -2.41. The second kappa shape index (κ2) is 8.73. The van der Waals surface area contributed by atoms with Crippen molar-refractivity contribution in [3.8, 4) is 0 Å². The molecule has 7 nitrogen and oxygen atoms in total. The molecule has 1 saturated heterocycles. The molecule has 0 radical (unpaired) electrons. The molecular weight excluding hydrogens is 358 g/mol. The van der Waals surface area contributed by atoms with Gasteiger partial charge in [-0.05, 0) is 43.2 Å². The average Bonchev–Trinajstić information content (AvgIpc) is 3.23. The van der Waals surface area contributed by atoms with Crippen molar-refractivity contribution in [2.75, 3.05) is 23.7 Å². The van der Waals surface area contributed by atoms with Crippen LogP contribution in [0.5, 0.6) is 0 Å². The fraction of sp³-hybridized carbons (Fsp3) is 0.381. The number of furan rings is 1. The first-order valence-corrected chi connectivity index (χ1v) is 9.47. The number of hydrogen-bond donors (Lipinski definition) is 2. The van der Waals surface area contributed by atoms with E-state index >= 15 is 0 Å². The van der Waals surface area contributed by atoms with Crippen LogP contribution < -0.4 is 10.6 Å². The van der Waals surface area contributed by atoms with Crippen molar-refractivity contribution < 1.29 is 18.8 Å². The molecule has 3 amide bonds. The van der Waals surface area contributed by atoms with E-state index in [0.717, 1.165) is 0 Å². The van der Waals surface area contributed by atoms with Crippen LogP contribution in [-0.2, 0) is 9.59 Å². The number of piperidine rings is 1. The van der Waals surface area contributed by atoms with Crippen molar-refractivity contribution >= 4 is 29.1 Å². The predicted molar refractivity (Wildman–Crippen MR) is 106 cm³/mol. The summed E-state index contributed by atoms with van der Waals surface area (Å²) in [4.78, 5) is 38.3. The molecule has 148 valence electrons. The fourth-order valence-electron chi connectivity index (χ4n) is 3.08. The lowest BCUT2D eigenvalue weighted by atomic mass is 9.95. The van der Waals surface area contributed by atoms with E-state index in [2.05, 4.69) is 10.6 Å². The first kappa shape index (κ1) is 19.7. The predicted octanol–water partition coefficient (Wildman–Crippen LogP) is 3.37. The number of nitrogens with one attached hydrogen (secondary N) is 2. The number of nitrogens with zero attached hydrogens (tertiary/aromatic N) is 1. The van der Waals surface area contributed by atoms with Crippen LogP contribution >= 0.6 is 0 Å². The summed E-state index contributed by atoms with van der Waals surface area (Å²) in [6, 6.07) is 8.72. The lowest BCUT2D eigenvalue weighted by molar-refractivity contribution is -0.121. The minimum absolute atomic E-state index is 0.0469. The third-order valence-corrected chi connectivity index (χ3v) is 4.87. The normalized spacial score (nSPS) is 14.8. The fourth-order valence-corrected chi connectivity index (χ4v) is 3.08. The highest BCUT2D eigenvalue weighted by Crippen LogP contribution is 2.22. The van der Waals surface area contributed by atoms with Crippen molar-refractivity contribution in [2.45, 2.75) is 26.7 Å². The van der Waals surface area contributed by atoms with E-state index in [4.69, 9.17) is 4.42 Å². The highest BCUT2D eigenvalue weighted by Gasteiger charge is 2.28. The largest absolute Gasteiger partial charge is 0.472 e. The van der Waals surface area contributed by atoms with Gasteiger partial charge >= 0.3 is 0 Å². The Bertz CT molecular complexity index is 820. The first-order valence-electron chi connectivity index (χ1n) is 9.47. The van der Waals surface area contributed by atoms with Gasteiger partial charge in [-0.15, -0.1) is 0 Å². The Morgan fingerprint density at radius 3 is 2.14 bits per heavy atom. The maximum Gasteiger partial charge on any atom is 0.257 e. The third kappa shape index (κ3) is 4.79. The van der Waals surface area contributed by atoms with Crippen LogP contribution in [0.1, 0.15) is 37.0 Å². The molecule has 1 aromatic heterocycles. The maximum atomic E-state index is 12.5. The quantitative estimate of drug-likeness (QED) is 0.828. The summed E-state index contributed by atoms with van der Waals surface area (Å²) in [5.74, 6) is -0.381. The van der Waals surface area contributed by atoms with Gasteiger partial charge in [-0.1, -0.05) is 13.8 Å². The molecule has 0 saturated carbocycles. The van der Waals surface area contributed by atoms with Gasteiger partial charge < -0.3 is 20.0 Å². The Balaban J connectivity index is 1.49. The standard InChI is InChI=1S/C21H25N3O4/c1-14(2)19(25)22-17-3-5-18(6-4-17)23-20(26)15-7-10-24(11-8-15)21(27)16-9-12-28-13-16/h3-6,9,12-15H,7-8,10-11H2,1-2H3,(H,22,25)(H,23,26). The highest BCUT2D eigenvalue weighted by atomic mass is 16.3. The van der Waals surface area contributed by atoms with E-state index in [9.17, 15) is 14.4 Å². The Morgan fingerprint density at radius 2 is 1.61 bits per heavy atom. The number of hydrogen-bond acceptors (Lipinski definition) is 4. The van der Waals surface area contributed by atoms with Crippen molar-refractivity contribution in [2.24, 2.45) is 11.8 Å². The number of likely N-dealkylation sites (tertiary alicyclic amines) is 1. The molecule has 3 rings (SSSR count). The van der Waals surface area contributed by atoms with Crippen LogP contribution in [0.3, 0.4) is 0 Å². The molecule has 1 aliphatic rings. The number of carbonyl (C=O) groups excluding carboxylic acids is 3. The maximum absolute atomic E-state index is 12.5. The smallest absolute Gasteiger partial charge is 0.257 e. The zero-order chi connectivity index (χ0) is 20.1. The number of carbonyl (C=O) groups is 3. The van der Waals surface area contributed by atoms with E-state index in [1.54, 1.807) is 35.2 Å². The van der Waals surface area contributed by atoms with Gasteiger partial charge in [-0.3, -0.25) is 14.4 Å². The second-order valence-electron chi connectivity index (χ2n) is 7.29. The number of rotatable bonds is 5. The monoisotopic (exact) mass is 383 g/mol. The van der Waals surface area contributed by atoms with E-state index in [1.165, 1.54) is 12.5 Å². The van der Waals surface area contributed by atoms with Crippen molar-refractivity contribution in [3.05, 3.63) is 48.4 Å². The van der Waals surface area contributed by atoms with Crippen LogP contribution in [0.25, 0.3) is 0 Å². The molecular formula is C21H25N3O4. The van der Waals surface area contributed by atoms with Crippen molar-refractivity contribution in [3.63, 3.8) is 0 Å². The summed E-state index contributed by atoms with van der Waals surface area (Å²) >= 11 is 0. The van der Waals surface area contributed by atoms with Gasteiger partial charge in [-0.25, -0.2) is 0 Å². The molecule has 2 N–H and O–H groups in total. The van der Waals surface area contributed by atoms with Gasteiger partial charge in [0.15, 0.2) is 0 Å². The van der Waals surface area contributed by atoms with Gasteiger partial charge in [0.2, 0.25) is 11.8 Å². The summed E-state index contributed by atoms with van der Waals surface area (Å²) < 4.78 is 4.96. The van der Waals surface area contributed by atoms with Crippen LogP contribution in [0.2, 0.25) is 0 Å². The molecule has 0 spiro atoms. The Labute approximate surface area is 164 Å². The summed E-state index contributed by atoms with van der Waals surface area (Å²) in [5, 5.41) is 5.73. The molecule has 2 aromatic rings. The molecule has 28 heavy (non-hydrogen) atoms. The zero-order valence-corrected chi connectivity index (χ0v) is 16.1. The van der Waals surface area contributed by atoms with E-state index < -0.39 is 0 Å². The summed E-state index contributed by atoms with van der Waals surface area (Å²) in [5.41, 5.74) is 1.92. The summed E-state index contributed by atoms with van der Waals surface area (Å²) in [7, 11) is 0. The Morgan fingerprint density at radius 1 is 1.00 bits per heavy atom. The molecule has 2 heterocycles. The molecule has 0 aliphatic carbocycles. The molecule has 7 heteroatoms. The van der Waals surface area contributed by atoms with Gasteiger partial charge in [0, 0.05) is 36.3 Å². The summed E-state index contributed by atoms with van der Waals surface area (Å²) in [6.45, 7) is 4.75.